The van der Waals surface area contributed by atoms with Gasteiger partial charge in [0, 0.05) is 13.2 Å². The molecule has 1 atom stereocenters. The number of nitrogens with one attached hydrogen (secondary N) is 1. The van der Waals surface area contributed by atoms with Crippen LogP contribution in [0.3, 0.4) is 0 Å². The van der Waals surface area contributed by atoms with Gasteiger partial charge in [-0.05, 0) is 31.4 Å². The van der Waals surface area contributed by atoms with Gasteiger partial charge in [-0.25, -0.2) is 0 Å². The average molecular weight is 213 g/mol. The van der Waals surface area contributed by atoms with E-state index in [-0.39, 0.29) is 0 Å². The van der Waals surface area contributed by atoms with Gasteiger partial charge in [-0.1, -0.05) is 13.5 Å². The van der Waals surface area contributed by atoms with E-state index in [9.17, 15) is 0 Å². The normalized spacial score (nSPS) is 20.7. The van der Waals surface area contributed by atoms with Crippen molar-refractivity contribution in [2.24, 2.45) is 0 Å². The first kappa shape index (κ1) is 12.7. The van der Waals surface area contributed by atoms with Crippen molar-refractivity contribution in [2.75, 3.05) is 32.9 Å². The monoisotopic (exact) mass is 213 g/mol. The summed E-state index contributed by atoms with van der Waals surface area (Å²) in [4.78, 5) is 0. The number of hydrogen-bond donors (Lipinski definition) is 1. The summed E-state index contributed by atoms with van der Waals surface area (Å²) in [5.41, 5.74) is 1.11. The quantitative estimate of drug-likeness (QED) is 0.492. The van der Waals surface area contributed by atoms with E-state index in [1.165, 1.54) is 6.42 Å². The largest absolute Gasteiger partial charge is 0.376 e. The molecule has 1 heterocycles. The third kappa shape index (κ3) is 5.92. The molecule has 0 amide bonds. The van der Waals surface area contributed by atoms with E-state index in [4.69, 9.17) is 9.47 Å². The smallest absolute Gasteiger partial charge is 0.0809 e. The standard InChI is InChI=1S/C12H23NO2/c1-3-6-13-8-11(2)9-14-10-12-5-4-7-15-12/h12-13H,2-10H2,1H3. The molecule has 0 aliphatic carbocycles. The summed E-state index contributed by atoms with van der Waals surface area (Å²) in [6.07, 6.45) is 3.79. The van der Waals surface area contributed by atoms with Gasteiger partial charge in [-0.2, -0.15) is 0 Å². The Morgan fingerprint density at radius 3 is 3.13 bits per heavy atom. The van der Waals surface area contributed by atoms with Crippen LogP contribution in [0.2, 0.25) is 0 Å². The molecule has 1 rings (SSSR count). The lowest BCUT2D eigenvalue weighted by molar-refractivity contribution is 0.0245. The molecule has 1 aliphatic rings. The fraction of sp³-hybridized carbons (Fsp3) is 0.833. The van der Waals surface area contributed by atoms with E-state index in [1.54, 1.807) is 0 Å². The second-order valence-electron chi connectivity index (χ2n) is 4.08. The molecular formula is C12H23NO2. The second kappa shape index (κ2) is 7.85. The summed E-state index contributed by atoms with van der Waals surface area (Å²) in [6.45, 7) is 10.3. The Balaban J connectivity index is 1.91. The Kier molecular flexibility index (Phi) is 6.64. The summed E-state index contributed by atoms with van der Waals surface area (Å²) < 4.78 is 11.0. The first-order valence-corrected chi connectivity index (χ1v) is 5.89. The van der Waals surface area contributed by atoms with Gasteiger partial charge in [0.15, 0.2) is 0 Å². The van der Waals surface area contributed by atoms with Crippen molar-refractivity contribution in [3.8, 4) is 0 Å². The van der Waals surface area contributed by atoms with Crippen molar-refractivity contribution in [1.82, 2.24) is 5.32 Å². The Labute approximate surface area is 92.8 Å². The van der Waals surface area contributed by atoms with E-state index in [0.717, 1.165) is 38.1 Å². The molecule has 1 fully saturated rings. The maximum atomic E-state index is 5.55. The van der Waals surface area contributed by atoms with Crippen LogP contribution < -0.4 is 5.32 Å². The van der Waals surface area contributed by atoms with Crippen LogP contribution in [0.1, 0.15) is 26.2 Å². The summed E-state index contributed by atoms with van der Waals surface area (Å²) in [5.74, 6) is 0. The van der Waals surface area contributed by atoms with E-state index >= 15 is 0 Å². The molecule has 1 unspecified atom stereocenters. The van der Waals surface area contributed by atoms with Crippen molar-refractivity contribution in [3.63, 3.8) is 0 Å². The van der Waals surface area contributed by atoms with Crippen LogP contribution in [0.25, 0.3) is 0 Å². The van der Waals surface area contributed by atoms with Crippen LogP contribution >= 0.6 is 0 Å². The fourth-order valence-electron chi connectivity index (χ4n) is 1.60. The lowest BCUT2D eigenvalue weighted by Crippen LogP contribution is -2.21. The summed E-state index contributed by atoms with van der Waals surface area (Å²) >= 11 is 0. The van der Waals surface area contributed by atoms with Crippen LogP contribution in [0, 0.1) is 0 Å². The molecule has 0 aromatic heterocycles. The molecule has 0 aromatic carbocycles. The Bertz CT molecular complexity index is 176. The lowest BCUT2D eigenvalue weighted by atomic mass is 10.2. The van der Waals surface area contributed by atoms with Gasteiger partial charge in [-0.3, -0.25) is 0 Å². The molecular weight excluding hydrogens is 190 g/mol. The van der Waals surface area contributed by atoms with Crippen LogP contribution in [-0.2, 0) is 9.47 Å². The third-order valence-electron chi connectivity index (χ3n) is 2.44. The molecule has 3 nitrogen and oxygen atoms in total. The van der Waals surface area contributed by atoms with Crippen molar-refractivity contribution < 1.29 is 9.47 Å². The average Bonchev–Trinajstić information content (AvgIpc) is 2.71. The van der Waals surface area contributed by atoms with E-state index < -0.39 is 0 Å². The Morgan fingerprint density at radius 1 is 1.60 bits per heavy atom. The highest BCUT2D eigenvalue weighted by Gasteiger charge is 2.15. The van der Waals surface area contributed by atoms with Crippen molar-refractivity contribution >= 4 is 0 Å². The predicted octanol–water partition coefficient (Wildman–Crippen LogP) is 1.74. The van der Waals surface area contributed by atoms with Crippen LogP contribution in [-0.4, -0.2) is 39.0 Å². The van der Waals surface area contributed by atoms with Gasteiger partial charge in [0.1, 0.15) is 0 Å². The first-order chi connectivity index (χ1) is 7.33. The minimum absolute atomic E-state index is 0.321. The molecule has 88 valence electrons. The van der Waals surface area contributed by atoms with Gasteiger partial charge < -0.3 is 14.8 Å². The molecule has 3 heteroatoms. The predicted molar refractivity (Wildman–Crippen MR) is 62.1 cm³/mol. The molecule has 0 radical (unpaired) electrons. The molecule has 1 aliphatic heterocycles. The zero-order valence-corrected chi connectivity index (χ0v) is 9.76. The summed E-state index contributed by atoms with van der Waals surface area (Å²) in [5, 5.41) is 3.30. The molecule has 0 spiro atoms. The molecule has 1 N–H and O–H groups in total. The van der Waals surface area contributed by atoms with Gasteiger partial charge in [-0.15, -0.1) is 0 Å². The lowest BCUT2D eigenvalue weighted by Gasteiger charge is -2.11. The van der Waals surface area contributed by atoms with E-state index in [1.807, 2.05) is 0 Å². The molecule has 0 aromatic rings. The zero-order chi connectivity index (χ0) is 10.9. The summed E-state index contributed by atoms with van der Waals surface area (Å²) in [6, 6.07) is 0. The zero-order valence-electron chi connectivity index (χ0n) is 9.76. The molecule has 15 heavy (non-hydrogen) atoms. The highest BCUT2D eigenvalue weighted by Crippen LogP contribution is 2.12. The van der Waals surface area contributed by atoms with E-state index in [0.29, 0.717) is 19.3 Å². The van der Waals surface area contributed by atoms with Gasteiger partial charge in [0.2, 0.25) is 0 Å². The van der Waals surface area contributed by atoms with Gasteiger partial charge in [0.25, 0.3) is 0 Å². The second-order valence-corrected chi connectivity index (χ2v) is 4.08. The minimum Gasteiger partial charge on any atom is -0.376 e. The van der Waals surface area contributed by atoms with Crippen LogP contribution in [0.5, 0.6) is 0 Å². The third-order valence-corrected chi connectivity index (χ3v) is 2.44. The maximum absolute atomic E-state index is 5.55. The number of rotatable bonds is 8. The summed E-state index contributed by atoms with van der Waals surface area (Å²) in [7, 11) is 0. The van der Waals surface area contributed by atoms with Crippen molar-refractivity contribution in [2.45, 2.75) is 32.3 Å². The van der Waals surface area contributed by atoms with Crippen LogP contribution in [0.4, 0.5) is 0 Å². The van der Waals surface area contributed by atoms with Crippen molar-refractivity contribution in [3.05, 3.63) is 12.2 Å². The molecule has 1 saturated heterocycles. The SMILES string of the molecule is C=C(CNCCC)COCC1CCCO1. The Morgan fingerprint density at radius 2 is 2.47 bits per heavy atom. The highest BCUT2D eigenvalue weighted by atomic mass is 16.5. The fourth-order valence-corrected chi connectivity index (χ4v) is 1.60. The topological polar surface area (TPSA) is 30.5 Å². The number of ether oxygens (including phenoxy) is 2. The minimum atomic E-state index is 0.321. The van der Waals surface area contributed by atoms with E-state index in [2.05, 4.69) is 18.8 Å². The first-order valence-electron chi connectivity index (χ1n) is 5.89. The van der Waals surface area contributed by atoms with Crippen molar-refractivity contribution in [1.29, 1.82) is 0 Å². The molecule has 0 bridgehead atoms. The number of hydrogen-bond acceptors (Lipinski definition) is 3. The maximum Gasteiger partial charge on any atom is 0.0809 e. The molecule has 0 saturated carbocycles. The van der Waals surface area contributed by atoms with Crippen LogP contribution in [0.15, 0.2) is 12.2 Å². The highest BCUT2D eigenvalue weighted by molar-refractivity contribution is 4.96. The van der Waals surface area contributed by atoms with Gasteiger partial charge in [0.05, 0.1) is 19.3 Å². The Hall–Kier alpha value is -0.380. The van der Waals surface area contributed by atoms with Gasteiger partial charge >= 0.3 is 0 Å².